The molecule has 136 valence electrons. The summed E-state index contributed by atoms with van der Waals surface area (Å²) < 4.78 is 0. The number of nitro benzene ring substituents is 1. The zero-order valence-electron chi connectivity index (χ0n) is 13.9. The maximum atomic E-state index is 10.8. The largest absolute Gasteiger partial charge is 0.480 e. The first kappa shape index (κ1) is 17.7. The fraction of sp³-hybridized carbons (Fsp3) is 0.0588. The van der Waals surface area contributed by atoms with E-state index in [0.29, 0.717) is 17.2 Å². The van der Waals surface area contributed by atoms with Gasteiger partial charge in [0.05, 0.1) is 10.6 Å². The lowest BCUT2D eigenvalue weighted by Crippen LogP contribution is -2.15. The van der Waals surface area contributed by atoms with Crippen molar-refractivity contribution in [2.75, 3.05) is 17.2 Å². The van der Waals surface area contributed by atoms with Crippen LogP contribution in [0, 0.1) is 10.1 Å². The zero-order chi connectivity index (χ0) is 19.2. The topological polar surface area (TPSA) is 143 Å². The van der Waals surface area contributed by atoms with E-state index in [1.54, 1.807) is 36.7 Å². The van der Waals surface area contributed by atoms with E-state index in [2.05, 4.69) is 25.6 Å². The maximum Gasteiger partial charge on any atom is 0.322 e. The van der Waals surface area contributed by atoms with Crippen molar-refractivity contribution in [3.63, 3.8) is 0 Å². The van der Waals surface area contributed by atoms with Crippen LogP contribution in [0.25, 0.3) is 11.3 Å². The van der Waals surface area contributed by atoms with E-state index in [-0.39, 0.29) is 18.2 Å². The van der Waals surface area contributed by atoms with Crippen molar-refractivity contribution in [1.82, 2.24) is 15.0 Å². The molecule has 0 amide bonds. The van der Waals surface area contributed by atoms with E-state index in [1.165, 1.54) is 12.1 Å². The number of nitrogens with zero attached hydrogens (tertiary/aromatic N) is 4. The summed E-state index contributed by atoms with van der Waals surface area (Å²) in [5.74, 6) is -0.524. The third kappa shape index (κ3) is 4.72. The Hall–Kier alpha value is -4.08. The molecule has 3 N–H and O–H groups in total. The van der Waals surface area contributed by atoms with Gasteiger partial charge in [-0.3, -0.25) is 19.9 Å². The first-order valence-corrected chi connectivity index (χ1v) is 7.78. The number of carbonyl (C=O) groups is 1. The quantitative estimate of drug-likeness (QED) is 0.424. The second-order valence-electron chi connectivity index (χ2n) is 5.38. The Kier molecular flexibility index (Phi) is 5.17. The minimum absolute atomic E-state index is 0.0249. The lowest BCUT2D eigenvalue weighted by atomic mass is 10.2. The average molecular weight is 366 g/mol. The smallest absolute Gasteiger partial charge is 0.322 e. The summed E-state index contributed by atoms with van der Waals surface area (Å²) in [4.78, 5) is 33.6. The summed E-state index contributed by atoms with van der Waals surface area (Å²) in [5, 5.41) is 25.2. The highest BCUT2D eigenvalue weighted by Gasteiger charge is 2.10. The van der Waals surface area contributed by atoms with Gasteiger partial charge in [-0.15, -0.1) is 0 Å². The van der Waals surface area contributed by atoms with Crippen LogP contribution in [0.4, 0.5) is 23.1 Å². The summed E-state index contributed by atoms with van der Waals surface area (Å²) in [7, 11) is 0. The summed E-state index contributed by atoms with van der Waals surface area (Å²) in [6.07, 6.45) is 3.25. The van der Waals surface area contributed by atoms with Gasteiger partial charge in [0.25, 0.3) is 5.69 Å². The molecule has 0 atom stereocenters. The summed E-state index contributed by atoms with van der Waals surface area (Å²) in [6, 6.07) is 11.1. The second kappa shape index (κ2) is 7.87. The van der Waals surface area contributed by atoms with E-state index in [9.17, 15) is 14.9 Å². The first-order valence-electron chi connectivity index (χ1n) is 7.78. The highest BCUT2D eigenvalue weighted by molar-refractivity contribution is 5.73. The van der Waals surface area contributed by atoms with Gasteiger partial charge in [-0.25, -0.2) is 4.98 Å². The molecule has 10 heteroatoms. The Bertz CT molecular complexity index is 963. The van der Waals surface area contributed by atoms with Gasteiger partial charge < -0.3 is 15.7 Å². The maximum absolute atomic E-state index is 10.8. The Labute approximate surface area is 153 Å². The number of hydrogen-bond acceptors (Lipinski definition) is 8. The van der Waals surface area contributed by atoms with Gasteiger partial charge in [-0.05, 0) is 24.3 Å². The van der Waals surface area contributed by atoms with Crippen LogP contribution in [-0.4, -0.2) is 37.5 Å². The highest BCUT2D eigenvalue weighted by atomic mass is 16.6. The minimum atomic E-state index is -1.05. The molecule has 0 aliphatic rings. The molecule has 3 rings (SSSR count). The van der Waals surface area contributed by atoms with Gasteiger partial charge in [0.2, 0.25) is 5.95 Å². The average Bonchev–Trinajstić information content (AvgIpc) is 2.67. The number of anilines is 3. The zero-order valence-corrected chi connectivity index (χ0v) is 13.9. The molecular formula is C17H14N6O4. The van der Waals surface area contributed by atoms with Gasteiger partial charge in [0, 0.05) is 41.8 Å². The molecule has 0 saturated heterocycles. The van der Waals surface area contributed by atoms with Crippen LogP contribution < -0.4 is 10.6 Å². The Balaban J connectivity index is 1.91. The molecule has 27 heavy (non-hydrogen) atoms. The van der Waals surface area contributed by atoms with Gasteiger partial charge in [0.1, 0.15) is 12.4 Å². The molecule has 0 radical (unpaired) electrons. The SMILES string of the molecule is O=C(O)CNc1nc(Nc2ccc([N+](=O)[O-])cc2)cc(-c2cccnc2)n1. The molecule has 0 bridgehead atoms. The third-order valence-corrected chi connectivity index (χ3v) is 3.43. The number of aliphatic carboxylic acids is 1. The van der Waals surface area contributed by atoms with Gasteiger partial charge in [-0.1, -0.05) is 0 Å². The Morgan fingerprint density at radius 3 is 2.59 bits per heavy atom. The first-order chi connectivity index (χ1) is 13.0. The normalized spacial score (nSPS) is 10.2. The van der Waals surface area contributed by atoms with E-state index < -0.39 is 10.9 Å². The molecule has 10 nitrogen and oxygen atoms in total. The number of carboxylic acids is 1. The van der Waals surface area contributed by atoms with Crippen LogP contribution in [0.1, 0.15) is 0 Å². The van der Waals surface area contributed by atoms with Crippen LogP contribution in [0.3, 0.4) is 0 Å². The molecule has 0 aliphatic heterocycles. The third-order valence-electron chi connectivity index (χ3n) is 3.43. The summed E-state index contributed by atoms with van der Waals surface area (Å²) in [6.45, 7) is -0.340. The minimum Gasteiger partial charge on any atom is -0.480 e. The number of rotatable bonds is 7. The lowest BCUT2D eigenvalue weighted by molar-refractivity contribution is -0.384. The molecule has 0 unspecified atom stereocenters. The number of non-ortho nitro benzene ring substituents is 1. The molecule has 0 aliphatic carbocycles. The van der Waals surface area contributed by atoms with Gasteiger partial charge >= 0.3 is 5.97 Å². The molecule has 2 aromatic heterocycles. The van der Waals surface area contributed by atoms with Crippen molar-refractivity contribution < 1.29 is 14.8 Å². The summed E-state index contributed by atoms with van der Waals surface area (Å²) in [5.41, 5.74) is 1.82. The lowest BCUT2D eigenvalue weighted by Gasteiger charge is -2.10. The van der Waals surface area contributed by atoms with Crippen LogP contribution in [-0.2, 0) is 4.79 Å². The van der Waals surface area contributed by atoms with Crippen molar-refractivity contribution in [1.29, 1.82) is 0 Å². The van der Waals surface area contributed by atoms with Crippen molar-refractivity contribution in [3.05, 3.63) is 65.0 Å². The molecule has 0 spiro atoms. The fourth-order valence-electron chi connectivity index (χ4n) is 2.22. The highest BCUT2D eigenvalue weighted by Crippen LogP contribution is 2.24. The number of carboxylic acid groups (broad SMARTS) is 1. The number of nitrogens with one attached hydrogen (secondary N) is 2. The monoisotopic (exact) mass is 366 g/mol. The predicted octanol–water partition coefficient (Wildman–Crippen LogP) is 2.69. The van der Waals surface area contributed by atoms with Crippen molar-refractivity contribution >= 4 is 29.1 Å². The number of pyridine rings is 1. The summed E-state index contributed by atoms with van der Waals surface area (Å²) >= 11 is 0. The molecule has 0 saturated carbocycles. The Morgan fingerprint density at radius 2 is 1.96 bits per heavy atom. The standard InChI is InChI=1S/C17H14N6O4/c24-16(25)10-19-17-21-14(11-2-1-7-18-9-11)8-15(22-17)20-12-3-5-13(6-4-12)23(26)27/h1-9H,10H2,(H,24,25)(H2,19,20,21,22). The van der Waals surface area contributed by atoms with Crippen LogP contribution >= 0.6 is 0 Å². The Morgan fingerprint density at radius 1 is 1.19 bits per heavy atom. The second-order valence-corrected chi connectivity index (χ2v) is 5.38. The van der Waals surface area contributed by atoms with Gasteiger partial charge in [-0.2, -0.15) is 4.98 Å². The predicted molar refractivity (Wildman–Crippen MR) is 97.8 cm³/mol. The van der Waals surface area contributed by atoms with E-state index in [1.807, 2.05) is 6.07 Å². The van der Waals surface area contributed by atoms with Crippen molar-refractivity contribution in [2.24, 2.45) is 0 Å². The van der Waals surface area contributed by atoms with E-state index in [0.717, 1.165) is 5.56 Å². The van der Waals surface area contributed by atoms with Crippen LogP contribution in [0.15, 0.2) is 54.9 Å². The number of aromatic nitrogens is 3. The van der Waals surface area contributed by atoms with Crippen molar-refractivity contribution in [3.8, 4) is 11.3 Å². The van der Waals surface area contributed by atoms with Crippen LogP contribution in [0.2, 0.25) is 0 Å². The molecule has 1 aromatic carbocycles. The van der Waals surface area contributed by atoms with Crippen molar-refractivity contribution in [2.45, 2.75) is 0 Å². The van der Waals surface area contributed by atoms with Gasteiger partial charge in [0.15, 0.2) is 0 Å². The molecule has 3 aromatic rings. The molecule has 2 heterocycles. The van der Waals surface area contributed by atoms with Crippen LogP contribution in [0.5, 0.6) is 0 Å². The molecular weight excluding hydrogens is 352 g/mol. The number of hydrogen-bond donors (Lipinski definition) is 3. The van der Waals surface area contributed by atoms with E-state index in [4.69, 9.17) is 5.11 Å². The number of nitro groups is 1. The molecule has 0 fully saturated rings. The fourth-order valence-corrected chi connectivity index (χ4v) is 2.22. The number of benzene rings is 1. The van der Waals surface area contributed by atoms with E-state index >= 15 is 0 Å².